The molecule has 2 heterocycles. The van der Waals surface area contributed by atoms with E-state index < -0.39 is 0 Å². The van der Waals surface area contributed by atoms with Crippen LogP contribution in [0.5, 0.6) is 0 Å². The Hall–Kier alpha value is -4.83. The van der Waals surface area contributed by atoms with Crippen molar-refractivity contribution >= 4 is 29.4 Å². The highest BCUT2D eigenvalue weighted by Gasteiger charge is 2.12. The van der Waals surface area contributed by atoms with Crippen molar-refractivity contribution in [3.63, 3.8) is 0 Å². The minimum absolute atomic E-state index is 0. The Morgan fingerprint density at radius 2 is 1.29 bits per heavy atom. The number of H-pyrrole nitrogens is 2. The van der Waals surface area contributed by atoms with Gasteiger partial charge in [0.15, 0.2) is 12.7 Å². The van der Waals surface area contributed by atoms with Crippen LogP contribution in [0.2, 0.25) is 0 Å². The number of aromatic nitrogens is 2. The fraction of sp³-hybridized carbons (Fsp3) is 0.303. The van der Waals surface area contributed by atoms with Crippen LogP contribution in [0.3, 0.4) is 0 Å². The lowest BCUT2D eigenvalue weighted by atomic mass is 10.1. The van der Waals surface area contributed by atoms with Gasteiger partial charge in [-0.3, -0.25) is 0 Å². The quantitative estimate of drug-likeness (QED) is 0.0850. The third-order valence-electron chi connectivity index (χ3n) is 5.75. The van der Waals surface area contributed by atoms with Gasteiger partial charge in [0.1, 0.15) is 11.6 Å². The highest BCUT2D eigenvalue weighted by Crippen LogP contribution is 2.38. The Morgan fingerprint density at radius 3 is 1.71 bits per heavy atom. The first-order chi connectivity index (χ1) is 19.8. The number of hydrogen-bond donors (Lipinski definition) is 3. The summed E-state index contributed by atoms with van der Waals surface area (Å²) in [6, 6.07) is 16.1. The zero-order chi connectivity index (χ0) is 30.2. The summed E-state index contributed by atoms with van der Waals surface area (Å²) < 4.78 is 14.9. The van der Waals surface area contributed by atoms with Crippen LogP contribution in [0.25, 0.3) is 31.9 Å². The number of nitrogen functional groups attached to an aromatic ring is 1. The second-order valence-corrected chi connectivity index (χ2v) is 8.77. The molecular formula is C33H42N6O3. The molecule has 4 rings (SSSR count). The van der Waals surface area contributed by atoms with Gasteiger partial charge in [-0.25, -0.2) is 14.7 Å². The first kappa shape index (κ1) is 35.2. The SMILES string of the molecule is C.CCOC(C)OCC.[C-]#[N+]c1c(-c2ccc(C)cc2)c[nH]c1N.[C-]#[N+]c1c(-c2ccc(C)cc2)c[nH]c1N=COC. The molecule has 0 radical (unpaired) electrons. The molecular weight excluding hydrogens is 528 g/mol. The van der Waals surface area contributed by atoms with Crippen molar-refractivity contribution < 1.29 is 14.2 Å². The fourth-order valence-electron chi connectivity index (χ4n) is 3.70. The summed E-state index contributed by atoms with van der Waals surface area (Å²) >= 11 is 0. The highest BCUT2D eigenvalue weighted by atomic mass is 16.7. The van der Waals surface area contributed by atoms with Crippen molar-refractivity contribution in [1.29, 1.82) is 0 Å². The molecule has 2 aromatic carbocycles. The number of aromatic amines is 2. The van der Waals surface area contributed by atoms with Crippen LogP contribution in [0.1, 0.15) is 39.3 Å². The van der Waals surface area contributed by atoms with E-state index in [2.05, 4.69) is 24.7 Å². The Balaban J connectivity index is 0.000000334. The molecule has 0 saturated carbocycles. The molecule has 42 heavy (non-hydrogen) atoms. The molecule has 0 amide bonds. The molecule has 0 fully saturated rings. The molecule has 9 heteroatoms. The van der Waals surface area contributed by atoms with E-state index in [1.807, 2.05) is 83.1 Å². The largest absolute Gasteiger partial charge is 0.486 e. The average Bonchev–Trinajstić information content (AvgIpc) is 3.56. The average molecular weight is 571 g/mol. The number of nitrogens with two attached hydrogens (primary N) is 1. The summed E-state index contributed by atoms with van der Waals surface area (Å²) in [4.78, 5) is 16.8. The Labute approximate surface area is 250 Å². The molecule has 222 valence electrons. The van der Waals surface area contributed by atoms with Gasteiger partial charge in [-0.2, -0.15) is 0 Å². The van der Waals surface area contributed by atoms with E-state index in [0.29, 0.717) is 23.0 Å². The van der Waals surface area contributed by atoms with Gasteiger partial charge < -0.3 is 29.9 Å². The molecule has 4 N–H and O–H groups in total. The molecule has 0 atom stereocenters. The Morgan fingerprint density at radius 1 is 0.833 bits per heavy atom. The van der Waals surface area contributed by atoms with E-state index in [1.54, 1.807) is 12.4 Å². The van der Waals surface area contributed by atoms with Gasteiger partial charge in [0.05, 0.1) is 20.3 Å². The number of aliphatic imine (C=N–C) groups is 1. The van der Waals surface area contributed by atoms with Crippen molar-refractivity contribution in [1.82, 2.24) is 9.97 Å². The van der Waals surface area contributed by atoms with Crippen molar-refractivity contribution in [2.75, 3.05) is 26.1 Å². The van der Waals surface area contributed by atoms with Crippen molar-refractivity contribution in [3.8, 4) is 22.3 Å². The second kappa shape index (κ2) is 18.5. The van der Waals surface area contributed by atoms with E-state index >= 15 is 0 Å². The van der Waals surface area contributed by atoms with Crippen LogP contribution in [-0.2, 0) is 14.2 Å². The zero-order valence-corrected chi connectivity index (χ0v) is 24.5. The summed E-state index contributed by atoms with van der Waals surface area (Å²) in [5.41, 5.74) is 12.8. The van der Waals surface area contributed by atoms with E-state index in [0.717, 1.165) is 35.5 Å². The number of hydrogen-bond acceptors (Lipinski definition) is 5. The first-order valence-electron chi connectivity index (χ1n) is 13.1. The van der Waals surface area contributed by atoms with Crippen LogP contribution in [0.4, 0.5) is 23.0 Å². The maximum atomic E-state index is 7.26. The van der Waals surface area contributed by atoms with E-state index in [4.69, 9.17) is 33.1 Å². The lowest BCUT2D eigenvalue weighted by molar-refractivity contribution is -0.123. The second-order valence-electron chi connectivity index (χ2n) is 8.77. The fourth-order valence-corrected chi connectivity index (χ4v) is 3.70. The summed E-state index contributed by atoms with van der Waals surface area (Å²) in [5, 5.41) is 0. The molecule has 0 aliphatic heterocycles. The number of aryl methyl sites for hydroxylation is 2. The van der Waals surface area contributed by atoms with Crippen LogP contribution >= 0.6 is 0 Å². The number of methoxy groups -OCH3 is 1. The summed E-state index contributed by atoms with van der Waals surface area (Å²) in [6.07, 6.45) is 4.83. The summed E-state index contributed by atoms with van der Waals surface area (Å²) in [6.45, 7) is 25.6. The summed E-state index contributed by atoms with van der Waals surface area (Å²) in [7, 11) is 1.52. The van der Waals surface area contributed by atoms with Crippen molar-refractivity contribution in [2.24, 2.45) is 4.99 Å². The Kier molecular flexibility index (Phi) is 15.5. The van der Waals surface area contributed by atoms with Crippen molar-refractivity contribution in [3.05, 3.63) is 94.9 Å². The lowest BCUT2D eigenvalue weighted by Crippen LogP contribution is -2.11. The van der Waals surface area contributed by atoms with Crippen LogP contribution in [0.15, 0.2) is 65.9 Å². The van der Waals surface area contributed by atoms with E-state index in [1.165, 1.54) is 24.6 Å². The molecule has 0 spiro atoms. The van der Waals surface area contributed by atoms with Gasteiger partial charge in [-0.05, 0) is 58.1 Å². The van der Waals surface area contributed by atoms with Gasteiger partial charge in [-0.1, -0.05) is 67.1 Å². The highest BCUT2D eigenvalue weighted by molar-refractivity contribution is 5.87. The number of rotatable bonds is 8. The minimum Gasteiger partial charge on any atom is -0.486 e. The third-order valence-corrected chi connectivity index (χ3v) is 5.75. The third kappa shape index (κ3) is 10.3. The van der Waals surface area contributed by atoms with Gasteiger partial charge in [0.2, 0.25) is 11.4 Å². The first-order valence-corrected chi connectivity index (χ1v) is 13.1. The molecule has 2 aromatic heterocycles. The van der Waals surface area contributed by atoms with Gasteiger partial charge in [0, 0.05) is 24.3 Å². The number of ether oxygens (including phenoxy) is 3. The molecule has 4 aromatic rings. The number of benzene rings is 2. The maximum Gasteiger partial charge on any atom is 0.237 e. The summed E-state index contributed by atoms with van der Waals surface area (Å²) in [5.74, 6) is 0.947. The number of nitrogens with zero attached hydrogens (tertiary/aromatic N) is 3. The normalized spacial score (nSPS) is 10.0. The lowest BCUT2D eigenvalue weighted by Gasteiger charge is -2.09. The topological polar surface area (TPSA) is 106 Å². The predicted molar refractivity (Wildman–Crippen MR) is 173 cm³/mol. The molecule has 0 unspecified atom stereocenters. The van der Waals surface area contributed by atoms with Gasteiger partial charge >= 0.3 is 0 Å². The van der Waals surface area contributed by atoms with Crippen molar-refractivity contribution in [2.45, 2.75) is 48.3 Å². The number of anilines is 1. The van der Waals surface area contributed by atoms with E-state index in [9.17, 15) is 0 Å². The van der Waals surface area contributed by atoms with Crippen LogP contribution < -0.4 is 5.73 Å². The van der Waals surface area contributed by atoms with Gasteiger partial charge in [-0.15, -0.1) is 0 Å². The number of nitrogens with one attached hydrogen (secondary N) is 2. The van der Waals surface area contributed by atoms with E-state index in [-0.39, 0.29) is 13.7 Å². The monoisotopic (exact) mass is 570 g/mol. The molecule has 9 nitrogen and oxygen atoms in total. The van der Waals surface area contributed by atoms with Gasteiger partial charge in [0.25, 0.3) is 0 Å². The predicted octanol–water partition coefficient (Wildman–Crippen LogP) is 9.01. The smallest absolute Gasteiger partial charge is 0.237 e. The molecule has 0 bridgehead atoms. The molecule has 0 aliphatic carbocycles. The molecule has 0 aliphatic rings. The van der Waals surface area contributed by atoms with Crippen LogP contribution in [0, 0.1) is 27.0 Å². The zero-order valence-electron chi connectivity index (χ0n) is 24.5. The molecule has 0 saturated heterocycles. The minimum atomic E-state index is -0.0370. The van der Waals surface area contributed by atoms with Crippen LogP contribution in [-0.4, -0.2) is 43.0 Å². The Bertz CT molecular complexity index is 1450. The standard InChI is InChI=1S/C14H13N3O.C12H11N3.C6H14O2.CH4/c1-10-4-6-11(7-5-10)12-8-16-14(13(12)15-2)17-9-18-3;1-8-3-5-9(6-4-8)10-7-15-12(13)11(10)14-2;1-4-7-6(3)8-5-2;/h4-9,16H,1,3H3;3-7,15H,13H2,1H3;6H,4-5H2,1-3H3;1H4. The maximum absolute atomic E-state index is 7.26.